The quantitative estimate of drug-likeness (QED) is 0.875. The van der Waals surface area contributed by atoms with Crippen LogP contribution < -0.4 is 5.32 Å². The maximum Gasteiger partial charge on any atom is 0.0331 e. The Balaban J connectivity index is 2.20. The van der Waals surface area contributed by atoms with Crippen LogP contribution in [-0.2, 0) is 0 Å². The van der Waals surface area contributed by atoms with Gasteiger partial charge in [0.25, 0.3) is 0 Å². The van der Waals surface area contributed by atoms with Crippen LogP contribution in [0.15, 0.2) is 22.7 Å². The Morgan fingerprint density at radius 1 is 1.47 bits per heavy atom. The number of aryl methyl sites for hydroxylation is 1. The fraction of sp³-hybridized carbons (Fsp3) is 0.538. The summed E-state index contributed by atoms with van der Waals surface area (Å²) >= 11 is 3.69. The minimum absolute atomic E-state index is 0.506. The zero-order chi connectivity index (χ0) is 10.8. The Hall–Kier alpha value is -0.340. The highest BCUT2D eigenvalue weighted by molar-refractivity contribution is 9.10. The van der Waals surface area contributed by atoms with Gasteiger partial charge in [-0.3, -0.25) is 0 Å². The molecule has 82 valence electrons. The predicted octanol–water partition coefficient (Wildman–Crippen LogP) is 3.82. The molecule has 15 heavy (non-hydrogen) atoms. The summed E-state index contributed by atoms with van der Waals surface area (Å²) in [5.41, 5.74) is 2.73. The highest BCUT2D eigenvalue weighted by Crippen LogP contribution is 2.39. The van der Waals surface area contributed by atoms with Crippen molar-refractivity contribution in [3.8, 4) is 0 Å². The fourth-order valence-corrected chi connectivity index (χ4v) is 2.57. The van der Waals surface area contributed by atoms with E-state index < -0.39 is 0 Å². The van der Waals surface area contributed by atoms with E-state index in [1.165, 1.54) is 34.9 Å². The van der Waals surface area contributed by atoms with Crippen LogP contribution in [0.3, 0.4) is 0 Å². The Labute approximate surface area is 100 Å². The minimum Gasteiger partial charge on any atom is -0.313 e. The molecule has 1 aliphatic carbocycles. The molecule has 0 radical (unpaired) electrons. The molecule has 1 unspecified atom stereocenters. The van der Waals surface area contributed by atoms with Crippen LogP contribution in [0.4, 0.5) is 0 Å². The molecule has 0 bridgehead atoms. The normalized spacial score (nSPS) is 17.8. The van der Waals surface area contributed by atoms with Gasteiger partial charge in [0.05, 0.1) is 0 Å². The third-order valence-electron chi connectivity index (χ3n) is 3.21. The Bertz CT molecular complexity index is 344. The minimum atomic E-state index is 0.506. The molecule has 2 rings (SSSR count). The zero-order valence-electron chi connectivity index (χ0n) is 9.39. The van der Waals surface area contributed by atoms with Crippen LogP contribution in [0.2, 0.25) is 0 Å². The van der Waals surface area contributed by atoms with Crippen molar-refractivity contribution in [2.45, 2.75) is 32.2 Å². The van der Waals surface area contributed by atoms with E-state index in [9.17, 15) is 0 Å². The standard InChI is InChI=1S/C13H18BrN/c1-9-4-3-5-11(13(9)14)12(15-2)8-10-6-7-10/h3-5,10,12,15H,6-8H2,1-2H3. The third kappa shape index (κ3) is 2.61. The Kier molecular flexibility index (Phi) is 3.47. The van der Waals surface area contributed by atoms with Gasteiger partial charge in [-0.2, -0.15) is 0 Å². The van der Waals surface area contributed by atoms with Gasteiger partial charge < -0.3 is 5.32 Å². The van der Waals surface area contributed by atoms with E-state index in [1.807, 2.05) is 0 Å². The van der Waals surface area contributed by atoms with Crippen molar-refractivity contribution in [3.05, 3.63) is 33.8 Å². The first-order valence-electron chi connectivity index (χ1n) is 5.64. The molecule has 0 aliphatic heterocycles. The predicted molar refractivity (Wildman–Crippen MR) is 68.0 cm³/mol. The number of hydrogen-bond donors (Lipinski definition) is 1. The number of halogens is 1. The molecule has 1 saturated carbocycles. The van der Waals surface area contributed by atoms with E-state index in [1.54, 1.807) is 0 Å². The lowest BCUT2D eigenvalue weighted by Crippen LogP contribution is -2.17. The first-order valence-corrected chi connectivity index (χ1v) is 6.44. The van der Waals surface area contributed by atoms with Gasteiger partial charge in [0.1, 0.15) is 0 Å². The zero-order valence-corrected chi connectivity index (χ0v) is 11.0. The maximum atomic E-state index is 3.69. The van der Waals surface area contributed by atoms with E-state index in [2.05, 4.69) is 53.4 Å². The summed E-state index contributed by atoms with van der Waals surface area (Å²) in [5, 5.41) is 3.43. The number of nitrogens with one attached hydrogen (secondary N) is 1. The summed E-state index contributed by atoms with van der Waals surface area (Å²) < 4.78 is 1.27. The van der Waals surface area contributed by atoms with Crippen LogP contribution in [0.5, 0.6) is 0 Å². The average molecular weight is 268 g/mol. The number of hydrogen-bond acceptors (Lipinski definition) is 1. The third-order valence-corrected chi connectivity index (χ3v) is 4.29. The van der Waals surface area contributed by atoms with Crippen molar-refractivity contribution in [3.63, 3.8) is 0 Å². The van der Waals surface area contributed by atoms with Gasteiger partial charge in [-0.25, -0.2) is 0 Å². The van der Waals surface area contributed by atoms with Crippen LogP contribution in [-0.4, -0.2) is 7.05 Å². The van der Waals surface area contributed by atoms with Crippen molar-refractivity contribution >= 4 is 15.9 Å². The van der Waals surface area contributed by atoms with Crippen LogP contribution >= 0.6 is 15.9 Å². The summed E-state index contributed by atoms with van der Waals surface area (Å²) in [6.07, 6.45) is 4.11. The summed E-state index contributed by atoms with van der Waals surface area (Å²) in [5.74, 6) is 0.954. The van der Waals surface area contributed by atoms with Gasteiger partial charge in [-0.1, -0.05) is 47.0 Å². The van der Waals surface area contributed by atoms with E-state index >= 15 is 0 Å². The SMILES string of the molecule is CNC(CC1CC1)c1cccc(C)c1Br. The fourth-order valence-electron chi connectivity index (χ4n) is 2.03. The van der Waals surface area contributed by atoms with Gasteiger partial charge in [-0.05, 0) is 37.4 Å². The number of rotatable bonds is 4. The molecule has 1 aliphatic rings. The highest BCUT2D eigenvalue weighted by Gasteiger charge is 2.26. The molecule has 1 atom stereocenters. The lowest BCUT2D eigenvalue weighted by atomic mass is 10.00. The molecule has 1 nitrogen and oxygen atoms in total. The van der Waals surface area contributed by atoms with Crippen molar-refractivity contribution in [2.75, 3.05) is 7.05 Å². The molecule has 1 aromatic rings. The smallest absolute Gasteiger partial charge is 0.0331 e. The lowest BCUT2D eigenvalue weighted by Gasteiger charge is -2.18. The summed E-state index contributed by atoms with van der Waals surface area (Å²) in [4.78, 5) is 0. The van der Waals surface area contributed by atoms with Gasteiger partial charge in [0, 0.05) is 10.5 Å². The molecular weight excluding hydrogens is 250 g/mol. The van der Waals surface area contributed by atoms with Gasteiger partial charge in [0.15, 0.2) is 0 Å². The first kappa shape index (κ1) is 11.2. The van der Waals surface area contributed by atoms with E-state index in [0.29, 0.717) is 6.04 Å². The Morgan fingerprint density at radius 3 is 2.80 bits per heavy atom. The second-order valence-corrected chi connectivity index (χ2v) is 5.29. The molecule has 1 N–H and O–H groups in total. The van der Waals surface area contributed by atoms with Crippen LogP contribution in [0.1, 0.15) is 36.4 Å². The summed E-state index contributed by atoms with van der Waals surface area (Å²) in [7, 11) is 2.06. The topological polar surface area (TPSA) is 12.0 Å². The van der Waals surface area contributed by atoms with Gasteiger partial charge in [0.2, 0.25) is 0 Å². The van der Waals surface area contributed by atoms with Crippen LogP contribution in [0.25, 0.3) is 0 Å². The maximum absolute atomic E-state index is 3.69. The largest absolute Gasteiger partial charge is 0.313 e. The molecule has 2 heteroatoms. The second-order valence-electron chi connectivity index (χ2n) is 4.50. The average Bonchev–Trinajstić information content (AvgIpc) is 3.03. The first-order chi connectivity index (χ1) is 7.22. The molecule has 0 aromatic heterocycles. The number of benzene rings is 1. The van der Waals surface area contributed by atoms with E-state index in [0.717, 1.165) is 5.92 Å². The van der Waals surface area contributed by atoms with E-state index in [-0.39, 0.29) is 0 Å². The van der Waals surface area contributed by atoms with Crippen molar-refractivity contribution in [2.24, 2.45) is 5.92 Å². The summed E-state index contributed by atoms with van der Waals surface area (Å²) in [6.45, 7) is 2.15. The van der Waals surface area contributed by atoms with Gasteiger partial charge in [-0.15, -0.1) is 0 Å². The molecule has 1 fully saturated rings. The Morgan fingerprint density at radius 2 is 2.20 bits per heavy atom. The van der Waals surface area contributed by atoms with Gasteiger partial charge >= 0.3 is 0 Å². The van der Waals surface area contributed by atoms with Crippen molar-refractivity contribution in [1.29, 1.82) is 0 Å². The molecule has 0 spiro atoms. The molecule has 0 heterocycles. The second kappa shape index (κ2) is 4.67. The highest BCUT2D eigenvalue weighted by atomic mass is 79.9. The molecular formula is C13H18BrN. The molecule has 0 saturated heterocycles. The molecule has 0 amide bonds. The molecule has 1 aromatic carbocycles. The van der Waals surface area contributed by atoms with Crippen molar-refractivity contribution in [1.82, 2.24) is 5.32 Å². The van der Waals surface area contributed by atoms with Crippen LogP contribution in [0, 0.1) is 12.8 Å². The van der Waals surface area contributed by atoms with E-state index in [4.69, 9.17) is 0 Å². The lowest BCUT2D eigenvalue weighted by molar-refractivity contribution is 0.512. The summed E-state index contributed by atoms with van der Waals surface area (Å²) in [6, 6.07) is 7.02. The monoisotopic (exact) mass is 267 g/mol. The van der Waals surface area contributed by atoms with Crippen molar-refractivity contribution < 1.29 is 0 Å².